The van der Waals surface area contributed by atoms with E-state index >= 15 is 0 Å². The molecule has 0 aliphatic heterocycles. The maximum absolute atomic E-state index is 12.0. The van der Waals surface area contributed by atoms with Crippen LogP contribution in [0.3, 0.4) is 0 Å². The standard InChI is InChI=1S/C14H17NO5/c1-3-10(16)8-12(14(18)19)15-13(17)9-5-4-6-11(7-9)20-2/h4-7,12H,3,8H2,1-2H3,(H,15,17)(H,18,19). The van der Waals surface area contributed by atoms with Crippen molar-refractivity contribution in [3.63, 3.8) is 0 Å². The fourth-order valence-corrected chi connectivity index (χ4v) is 1.58. The summed E-state index contributed by atoms with van der Waals surface area (Å²) in [5.41, 5.74) is 0.277. The van der Waals surface area contributed by atoms with Crippen LogP contribution in [-0.2, 0) is 9.59 Å². The van der Waals surface area contributed by atoms with E-state index in [2.05, 4.69) is 5.32 Å². The summed E-state index contributed by atoms with van der Waals surface area (Å²) < 4.78 is 4.99. The molecular weight excluding hydrogens is 262 g/mol. The Kier molecular flexibility index (Phi) is 5.71. The molecule has 1 unspecified atom stereocenters. The van der Waals surface area contributed by atoms with Crippen LogP contribution in [-0.4, -0.2) is 35.9 Å². The van der Waals surface area contributed by atoms with E-state index in [1.165, 1.54) is 13.2 Å². The van der Waals surface area contributed by atoms with Crippen molar-refractivity contribution < 1.29 is 24.2 Å². The van der Waals surface area contributed by atoms with Crippen LogP contribution in [0.25, 0.3) is 0 Å². The van der Waals surface area contributed by atoms with E-state index in [-0.39, 0.29) is 24.2 Å². The highest BCUT2D eigenvalue weighted by atomic mass is 16.5. The lowest BCUT2D eigenvalue weighted by molar-refractivity contribution is -0.141. The lowest BCUT2D eigenvalue weighted by atomic mass is 10.1. The summed E-state index contributed by atoms with van der Waals surface area (Å²) in [5.74, 6) is -1.51. The first-order valence-corrected chi connectivity index (χ1v) is 6.17. The van der Waals surface area contributed by atoms with Crippen molar-refractivity contribution in [2.24, 2.45) is 0 Å². The predicted octanol–water partition coefficient (Wildman–Crippen LogP) is 1.25. The number of ketones is 1. The number of carbonyl (C=O) groups excluding carboxylic acids is 2. The van der Waals surface area contributed by atoms with Crippen molar-refractivity contribution >= 4 is 17.7 Å². The molecule has 2 N–H and O–H groups in total. The second kappa shape index (κ2) is 7.28. The third kappa shape index (κ3) is 4.38. The first kappa shape index (κ1) is 15.7. The van der Waals surface area contributed by atoms with Gasteiger partial charge in [-0.25, -0.2) is 4.79 Å². The van der Waals surface area contributed by atoms with Crippen molar-refractivity contribution in [1.29, 1.82) is 0 Å². The summed E-state index contributed by atoms with van der Waals surface area (Å²) in [5, 5.41) is 11.4. The monoisotopic (exact) mass is 279 g/mol. The molecule has 1 atom stereocenters. The zero-order chi connectivity index (χ0) is 15.1. The first-order valence-electron chi connectivity index (χ1n) is 6.17. The quantitative estimate of drug-likeness (QED) is 0.783. The lowest BCUT2D eigenvalue weighted by Gasteiger charge is -2.13. The number of ether oxygens (including phenoxy) is 1. The smallest absolute Gasteiger partial charge is 0.326 e. The number of hydrogen-bond acceptors (Lipinski definition) is 4. The highest BCUT2D eigenvalue weighted by Crippen LogP contribution is 2.12. The number of methoxy groups -OCH3 is 1. The third-order valence-electron chi connectivity index (χ3n) is 2.76. The Morgan fingerprint density at radius 2 is 2.05 bits per heavy atom. The van der Waals surface area contributed by atoms with Gasteiger partial charge in [0, 0.05) is 18.4 Å². The highest BCUT2D eigenvalue weighted by Gasteiger charge is 2.23. The molecule has 0 saturated carbocycles. The van der Waals surface area contributed by atoms with E-state index in [1.807, 2.05) is 0 Å². The normalized spacial score (nSPS) is 11.5. The van der Waals surface area contributed by atoms with E-state index < -0.39 is 17.9 Å². The van der Waals surface area contributed by atoms with Crippen molar-refractivity contribution in [3.05, 3.63) is 29.8 Å². The van der Waals surface area contributed by atoms with Gasteiger partial charge in [0.1, 0.15) is 17.6 Å². The summed E-state index contributed by atoms with van der Waals surface area (Å²) in [7, 11) is 1.47. The van der Waals surface area contributed by atoms with Gasteiger partial charge in [0.2, 0.25) is 0 Å². The van der Waals surface area contributed by atoms with E-state index in [4.69, 9.17) is 9.84 Å². The van der Waals surface area contributed by atoms with Crippen LogP contribution < -0.4 is 10.1 Å². The molecule has 1 amide bonds. The van der Waals surface area contributed by atoms with Gasteiger partial charge in [-0.15, -0.1) is 0 Å². The predicted molar refractivity (Wildman–Crippen MR) is 71.8 cm³/mol. The van der Waals surface area contributed by atoms with Crippen LogP contribution in [0.5, 0.6) is 5.75 Å². The minimum absolute atomic E-state index is 0.219. The van der Waals surface area contributed by atoms with Gasteiger partial charge >= 0.3 is 5.97 Å². The Labute approximate surface area is 116 Å². The maximum atomic E-state index is 12.0. The Morgan fingerprint density at radius 1 is 1.35 bits per heavy atom. The number of carboxylic acids is 1. The van der Waals surface area contributed by atoms with E-state index in [1.54, 1.807) is 25.1 Å². The second-order valence-corrected chi connectivity index (χ2v) is 4.19. The van der Waals surface area contributed by atoms with Crippen molar-refractivity contribution in [2.75, 3.05) is 7.11 Å². The number of carboxylic acid groups (broad SMARTS) is 1. The summed E-state index contributed by atoms with van der Waals surface area (Å²) >= 11 is 0. The van der Waals surface area contributed by atoms with Crippen LogP contribution in [0.1, 0.15) is 30.1 Å². The fraction of sp³-hybridized carbons (Fsp3) is 0.357. The molecule has 108 valence electrons. The third-order valence-corrected chi connectivity index (χ3v) is 2.76. The number of aliphatic carboxylic acids is 1. The van der Waals surface area contributed by atoms with Gasteiger partial charge in [-0.1, -0.05) is 13.0 Å². The van der Waals surface area contributed by atoms with Crippen LogP contribution in [0.4, 0.5) is 0 Å². The molecule has 0 aliphatic rings. The van der Waals surface area contributed by atoms with E-state index in [0.717, 1.165) is 0 Å². The number of hydrogen-bond donors (Lipinski definition) is 2. The van der Waals surface area contributed by atoms with Crippen molar-refractivity contribution in [1.82, 2.24) is 5.32 Å². The second-order valence-electron chi connectivity index (χ2n) is 4.19. The molecule has 0 radical (unpaired) electrons. The topological polar surface area (TPSA) is 92.7 Å². The number of amides is 1. The summed E-state index contributed by atoms with van der Waals surface area (Å²) in [6.45, 7) is 1.64. The van der Waals surface area contributed by atoms with Crippen LogP contribution in [0, 0.1) is 0 Å². The Hall–Kier alpha value is -2.37. The summed E-state index contributed by atoms with van der Waals surface area (Å²) in [4.78, 5) is 34.3. The van der Waals surface area contributed by atoms with Gasteiger partial charge in [-0.05, 0) is 18.2 Å². The van der Waals surface area contributed by atoms with Gasteiger partial charge in [0.05, 0.1) is 7.11 Å². The number of carbonyl (C=O) groups is 3. The molecule has 1 aromatic carbocycles. The average molecular weight is 279 g/mol. The summed E-state index contributed by atoms with van der Waals surface area (Å²) in [6, 6.07) is 5.11. The molecule has 0 saturated heterocycles. The molecule has 0 heterocycles. The molecule has 0 spiro atoms. The lowest BCUT2D eigenvalue weighted by Crippen LogP contribution is -2.42. The zero-order valence-corrected chi connectivity index (χ0v) is 11.4. The Morgan fingerprint density at radius 3 is 2.60 bits per heavy atom. The zero-order valence-electron chi connectivity index (χ0n) is 11.4. The minimum Gasteiger partial charge on any atom is -0.497 e. The number of Topliss-reactive ketones (excluding diaryl/α,β-unsaturated/α-hetero) is 1. The number of nitrogens with one attached hydrogen (secondary N) is 1. The van der Waals surface area contributed by atoms with E-state index in [9.17, 15) is 14.4 Å². The molecule has 0 aromatic heterocycles. The highest BCUT2D eigenvalue weighted by molar-refractivity contribution is 5.98. The van der Waals surface area contributed by atoms with Crippen molar-refractivity contribution in [3.8, 4) is 5.75 Å². The molecule has 1 aromatic rings. The Bertz CT molecular complexity index is 512. The van der Waals surface area contributed by atoms with Crippen molar-refractivity contribution in [2.45, 2.75) is 25.8 Å². The largest absolute Gasteiger partial charge is 0.497 e. The molecule has 0 bridgehead atoms. The van der Waals surface area contributed by atoms with Gasteiger partial charge in [-0.2, -0.15) is 0 Å². The molecular formula is C14H17NO5. The first-order chi connectivity index (χ1) is 9.47. The summed E-state index contributed by atoms with van der Waals surface area (Å²) in [6.07, 6.45) is 0.0142. The Balaban J connectivity index is 2.79. The molecule has 6 heteroatoms. The van der Waals surface area contributed by atoms with Gasteiger partial charge in [0.25, 0.3) is 5.91 Å². The van der Waals surface area contributed by atoms with Crippen LogP contribution in [0.15, 0.2) is 24.3 Å². The molecule has 0 fully saturated rings. The maximum Gasteiger partial charge on any atom is 0.326 e. The average Bonchev–Trinajstić information content (AvgIpc) is 2.46. The fourth-order valence-electron chi connectivity index (χ4n) is 1.58. The van der Waals surface area contributed by atoms with Crippen LogP contribution >= 0.6 is 0 Å². The minimum atomic E-state index is -1.23. The van der Waals surface area contributed by atoms with Gasteiger partial charge in [0.15, 0.2) is 0 Å². The molecule has 20 heavy (non-hydrogen) atoms. The van der Waals surface area contributed by atoms with E-state index in [0.29, 0.717) is 5.75 Å². The van der Waals surface area contributed by atoms with Gasteiger partial charge in [-0.3, -0.25) is 9.59 Å². The molecule has 6 nitrogen and oxygen atoms in total. The van der Waals surface area contributed by atoms with Gasteiger partial charge < -0.3 is 15.2 Å². The number of rotatable bonds is 7. The SMILES string of the molecule is CCC(=O)CC(NC(=O)c1cccc(OC)c1)C(=O)O. The van der Waals surface area contributed by atoms with Crippen LogP contribution in [0.2, 0.25) is 0 Å². The molecule has 0 aliphatic carbocycles. The molecule has 1 rings (SSSR count). The number of benzene rings is 1.